The van der Waals surface area contributed by atoms with Crippen molar-refractivity contribution in [3.8, 4) is 0 Å². The predicted molar refractivity (Wildman–Crippen MR) is 162 cm³/mol. The lowest BCUT2D eigenvalue weighted by Gasteiger charge is -2.35. The van der Waals surface area contributed by atoms with E-state index in [0.29, 0.717) is 57.9 Å². The van der Waals surface area contributed by atoms with Crippen LogP contribution in [0.15, 0.2) is 30.3 Å². The number of amides is 2. The number of unbranched alkanes of at least 4 members (excludes halogenated alkanes) is 1. The van der Waals surface area contributed by atoms with Crippen LogP contribution in [0.4, 0.5) is 0 Å². The van der Waals surface area contributed by atoms with Crippen molar-refractivity contribution in [2.45, 2.75) is 122 Å². The minimum Gasteiger partial charge on any atom is -0.390 e. The van der Waals surface area contributed by atoms with Gasteiger partial charge in [0.15, 0.2) is 0 Å². The number of aliphatic hydroxyl groups is 2. The minimum absolute atomic E-state index is 0.0161. The van der Waals surface area contributed by atoms with Gasteiger partial charge in [0.1, 0.15) is 6.10 Å². The number of morpholine rings is 1. The molecule has 8 heteroatoms. The summed E-state index contributed by atoms with van der Waals surface area (Å²) < 4.78 is 5.47. The summed E-state index contributed by atoms with van der Waals surface area (Å²) in [6.07, 6.45) is 7.76. The van der Waals surface area contributed by atoms with Crippen molar-refractivity contribution < 1.29 is 24.5 Å². The highest BCUT2D eigenvalue weighted by Crippen LogP contribution is 2.29. The van der Waals surface area contributed by atoms with E-state index in [1.54, 1.807) is 0 Å². The Morgan fingerprint density at radius 3 is 2.34 bits per heavy atom. The third kappa shape index (κ3) is 11.3. The maximum atomic E-state index is 13.9. The highest BCUT2D eigenvalue weighted by atomic mass is 16.5. The van der Waals surface area contributed by atoms with Crippen LogP contribution >= 0.6 is 0 Å². The summed E-state index contributed by atoms with van der Waals surface area (Å²) in [6, 6.07) is 8.23. The maximum absolute atomic E-state index is 13.9. The molecule has 1 heterocycles. The van der Waals surface area contributed by atoms with Crippen LogP contribution in [-0.4, -0.2) is 83.6 Å². The molecule has 3 rings (SSSR count). The monoisotopic (exact) mass is 573 g/mol. The number of ether oxygens (including phenoxy) is 1. The fourth-order valence-electron chi connectivity index (χ4n) is 6.25. The van der Waals surface area contributed by atoms with E-state index < -0.39 is 30.3 Å². The van der Waals surface area contributed by atoms with Gasteiger partial charge in [0.25, 0.3) is 0 Å². The molecule has 232 valence electrons. The van der Waals surface area contributed by atoms with E-state index in [4.69, 9.17) is 4.74 Å². The summed E-state index contributed by atoms with van der Waals surface area (Å²) in [4.78, 5) is 29.5. The first-order chi connectivity index (χ1) is 19.8. The van der Waals surface area contributed by atoms with E-state index in [-0.39, 0.29) is 17.7 Å². The van der Waals surface area contributed by atoms with Gasteiger partial charge in [-0.05, 0) is 43.1 Å². The van der Waals surface area contributed by atoms with Crippen molar-refractivity contribution in [3.05, 3.63) is 35.9 Å². The van der Waals surface area contributed by atoms with Gasteiger partial charge in [-0.25, -0.2) is 0 Å². The van der Waals surface area contributed by atoms with Crippen LogP contribution in [0.2, 0.25) is 0 Å². The van der Waals surface area contributed by atoms with Crippen LogP contribution < -0.4 is 10.6 Å². The van der Waals surface area contributed by atoms with Gasteiger partial charge in [-0.3, -0.25) is 14.9 Å². The van der Waals surface area contributed by atoms with Crippen molar-refractivity contribution in [1.29, 1.82) is 0 Å². The highest BCUT2D eigenvalue weighted by Gasteiger charge is 2.35. The molecule has 0 unspecified atom stereocenters. The van der Waals surface area contributed by atoms with Crippen molar-refractivity contribution in [1.82, 2.24) is 15.5 Å². The fraction of sp³-hybridized carbons (Fsp3) is 0.758. The average molecular weight is 574 g/mol. The molecule has 0 spiro atoms. The summed E-state index contributed by atoms with van der Waals surface area (Å²) in [7, 11) is 0. The molecule has 1 saturated heterocycles. The molecule has 1 aliphatic carbocycles. The standard InChI is InChI=1S/C33H55N3O5/c1-4-5-16-27(34-29(23-26-14-10-7-11-15-26)33(40)36-17-19-41-20-18-36)32(39)35-28(22-25-12-8-6-9-13-25)31(38)30(37)21-24(2)3/h7,10-11,14-15,24-25,27-31,34,37-38H,4-6,8-9,12-13,16-23H2,1-3H3,(H,35,39)/t27-,28+,29+,30+,31-/m1/s1. The average Bonchev–Trinajstić information content (AvgIpc) is 2.98. The second-order valence-electron chi connectivity index (χ2n) is 12.6. The number of hydrogen-bond donors (Lipinski definition) is 4. The number of nitrogens with one attached hydrogen (secondary N) is 2. The molecule has 5 atom stereocenters. The number of carbonyl (C=O) groups excluding carboxylic acids is 2. The van der Waals surface area contributed by atoms with Gasteiger partial charge in [0.2, 0.25) is 11.8 Å². The van der Waals surface area contributed by atoms with E-state index in [1.807, 2.05) is 49.1 Å². The Bertz CT molecular complexity index is 886. The quantitative estimate of drug-likeness (QED) is 0.239. The molecule has 1 saturated carbocycles. The van der Waals surface area contributed by atoms with E-state index in [2.05, 4.69) is 17.6 Å². The molecule has 4 N–H and O–H groups in total. The largest absolute Gasteiger partial charge is 0.390 e. The SMILES string of the molecule is CCCC[C@@H](N[C@@H](Cc1ccccc1)C(=O)N1CCOCC1)C(=O)N[C@@H](CC1CCCCC1)[C@@H](O)[C@@H](O)CC(C)C. The smallest absolute Gasteiger partial charge is 0.240 e. The molecule has 8 nitrogen and oxygen atoms in total. The Kier molecular flexibility index (Phi) is 14.6. The molecule has 0 bridgehead atoms. The van der Waals surface area contributed by atoms with Crippen LogP contribution in [-0.2, 0) is 20.7 Å². The van der Waals surface area contributed by atoms with Gasteiger partial charge in [-0.2, -0.15) is 0 Å². The minimum atomic E-state index is -1.04. The normalized spacial score (nSPS) is 20.3. The van der Waals surface area contributed by atoms with Crippen LogP contribution in [0.5, 0.6) is 0 Å². The fourth-order valence-corrected chi connectivity index (χ4v) is 6.25. The molecule has 0 radical (unpaired) electrons. The number of aliphatic hydroxyl groups excluding tert-OH is 2. The van der Waals surface area contributed by atoms with E-state index in [9.17, 15) is 19.8 Å². The molecule has 1 aromatic rings. The maximum Gasteiger partial charge on any atom is 0.240 e. The van der Waals surface area contributed by atoms with Gasteiger partial charge < -0.3 is 25.2 Å². The Morgan fingerprint density at radius 1 is 1.02 bits per heavy atom. The number of rotatable bonds is 16. The molecule has 2 fully saturated rings. The van der Waals surface area contributed by atoms with Crippen LogP contribution in [0.25, 0.3) is 0 Å². The third-order valence-electron chi connectivity index (χ3n) is 8.63. The van der Waals surface area contributed by atoms with Crippen molar-refractivity contribution in [2.24, 2.45) is 11.8 Å². The van der Waals surface area contributed by atoms with E-state index in [0.717, 1.165) is 31.2 Å². The molecular formula is C33H55N3O5. The Labute approximate surface area is 247 Å². The Hall–Kier alpha value is -2.00. The second kappa shape index (κ2) is 17.8. The molecular weight excluding hydrogens is 518 g/mol. The van der Waals surface area contributed by atoms with Crippen LogP contribution in [0.3, 0.4) is 0 Å². The first-order valence-corrected chi connectivity index (χ1v) is 16.1. The molecule has 41 heavy (non-hydrogen) atoms. The van der Waals surface area contributed by atoms with Crippen molar-refractivity contribution >= 4 is 11.8 Å². The second-order valence-corrected chi connectivity index (χ2v) is 12.6. The first kappa shape index (κ1) is 33.5. The molecule has 1 aliphatic heterocycles. The predicted octanol–water partition coefficient (Wildman–Crippen LogP) is 3.83. The van der Waals surface area contributed by atoms with Gasteiger partial charge in [0, 0.05) is 13.1 Å². The molecule has 0 aromatic heterocycles. The first-order valence-electron chi connectivity index (χ1n) is 16.1. The molecule has 2 aliphatic rings. The zero-order valence-corrected chi connectivity index (χ0v) is 25.6. The number of carbonyl (C=O) groups is 2. The van der Waals surface area contributed by atoms with Gasteiger partial charge >= 0.3 is 0 Å². The summed E-state index contributed by atoms with van der Waals surface area (Å²) in [5.74, 6) is 0.431. The van der Waals surface area contributed by atoms with Crippen molar-refractivity contribution in [3.63, 3.8) is 0 Å². The van der Waals surface area contributed by atoms with Crippen molar-refractivity contribution in [2.75, 3.05) is 26.3 Å². The zero-order valence-electron chi connectivity index (χ0n) is 25.6. The topological polar surface area (TPSA) is 111 Å². The summed E-state index contributed by atoms with van der Waals surface area (Å²) in [5.41, 5.74) is 1.03. The van der Waals surface area contributed by atoms with Crippen LogP contribution in [0, 0.1) is 11.8 Å². The number of benzene rings is 1. The Balaban J connectivity index is 1.79. The van der Waals surface area contributed by atoms with E-state index >= 15 is 0 Å². The zero-order chi connectivity index (χ0) is 29.6. The summed E-state index contributed by atoms with van der Waals surface area (Å²) in [6.45, 7) is 8.25. The molecule has 1 aromatic carbocycles. The number of hydrogen-bond acceptors (Lipinski definition) is 6. The lowest BCUT2D eigenvalue weighted by molar-refractivity contribution is -0.138. The lowest BCUT2D eigenvalue weighted by atomic mass is 9.82. The van der Waals surface area contributed by atoms with Crippen LogP contribution in [0.1, 0.15) is 90.5 Å². The lowest BCUT2D eigenvalue weighted by Crippen LogP contribution is -2.59. The van der Waals surface area contributed by atoms with Gasteiger partial charge in [0.05, 0.1) is 37.4 Å². The third-order valence-corrected chi connectivity index (χ3v) is 8.63. The highest BCUT2D eigenvalue weighted by molar-refractivity contribution is 5.86. The molecule has 2 amide bonds. The van der Waals surface area contributed by atoms with Gasteiger partial charge in [-0.15, -0.1) is 0 Å². The summed E-state index contributed by atoms with van der Waals surface area (Å²) >= 11 is 0. The van der Waals surface area contributed by atoms with E-state index in [1.165, 1.54) is 19.3 Å². The van der Waals surface area contributed by atoms with Gasteiger partial charge in [-0.1, -0.05) is 96.0 Å². The Morgan fingerprint density at radius 2 is 1.71 bits per heavy atom. The number of nitrogens with zero attached hydrogens (tertiary/aromatic N) is 1. The summed E-state index contributed by atoms with van der Waals surface area (Å²) in [5, 5.41) is 28.7.